The molecule has 57 heavy (non-hydrogen) atoms. The number of ether oxygens (including phenoxy) is 3. The standard InChI is InChI=1S/C51H94O6/c1-4-7-10-13-16-19-21-23-24-25-26-28-29-32-35-38-41-44-50(53)56-47-48(46-55-49(52)43-40-37-34-31-18-15-12-9-6-3)57-51(54)45-42-39-36-33-30-27-22-20-17-14-11-8-5-2/h16,19,23-24,48H,4-15,17-18,20-22,25-47H2,1-3H3/b19-16-,24-23-. The van der Waals surface area contributed by atoms with E-state index in [1.54, 1.807) is 0 Å². The molecule has 0 saturated carbocycles. The van der Waals surface area contributed by atoms with Crippen molar-refractivity contribution >= 4 is 17.9 Å². The van der Waals surface area contributed by atoms with Crippen molar-refractivity contribution in [3.63, 3.8) is 0 Å². The third-order valence-corrected chi connectivity index (χ3v) is 11.0. The van der Waals surface area contributed by atoms with Crippen LogP contribution >= 0.6 is 0 Å². The van der Waals surface area contributed by atoms with Crippen LogP contribution in [-0.2, 0) is 28.6 Å². The summed E-state index contributed by atoms with van der Waals surface area (Å²) in [6.07, 6.45) is 51.6. The second kappa shape index (κ2) is 46.6. The molecule has 6 nitrogen and oxygen atoms in total. The van der Waals surface area contributed by atoms with Crippen molar-refractivity contribution in [1.29, 1.82) is 0 Å². The van der Waals surface area contributed by atoms with Crippen LogP contribution < -0.4 is 0 Å². The number of rotatable bonds is 45. The van der Waals surface area contributed by atoms with Gasteiger partial charge in [-0.05, 0) is 51.4 Å². The van der Waals surface area contributed by atoms with E-state index in [2.05, 4.69) is 45.1 Å². The molecule has 0 spiro atoms. The molecule has 0 aliphatic carbocycles. The maximum atomic E-state index is 12.7. The fourth-order valence-electron chi connectivity index (χ4n) is 7.18. The largest absolute Gasteiger partial charge is 0.462 e. The Morgan fingerprint density at radius 3 is 1.00 bits per heavy atom. The van der Waals surface area contributed by atoms with E-state index >= 15 is 0 Å². The Balaban J connectivity index is 4.30. The first kappa shape index (κ1) is 54.9. The molecule has 0 aromatic carbocycles. The lowest BCUT2D eigenvalue weighted by molar-refractivity contribution is -0.167. The Morgan fingerprint density at radius 2 is 0.632 bits per heavy atom. The lowest BCUT2D eigenvalue weighted by Gasteiger charge is -2.18. The van der Waals surface area contributed by atoms with Gasteiger partial charge in [0.05, 0.1) is 0 Å². The number of carbonyl (C=O) groups excluding carboxylic acids is 3. The summed E-state index contributed by atoms with van der Waals surface area (Å²) >= 11 is 0. The first-order valence-electron chi connectivity index (χ1n) is 24.8. The van der Waals surface area contributed by atoms with E-state index in [-0.39, 0.29) is 31.1 Å². The summed E-state index contributed by atoms with van der Waals surface area (Å²) in [5.41, 5.74) is 0. The molecular formula is C51H94O6. The van der Waals surface area contributed by atoms with Crippen LogP contribution in [0.2, 0.25) is 0 Å². The molecule has 0 N–H and O–H groups in total. The summed E-state index contributed by atoms with van der Waals surface area (Å²) in [6.45, 7) is 6.60. The van der Waals surface area contributed by atoms with Crippen LogP contribution in [0.5, 0.6) is 0 Å². The fraction of sp³-hybridized carbons (Fsp3) is 0.863. The molecule has 0 aliphatic rings. The van der Waals surface area contributed by atoms with Gasteiger partial charge in [-0.25, -0.2) is 0 Å². The molecule has 0 saturated heterocycles. The lowest BCUT2D eigenvalue weighted by Crippen LogP contribution is -2.30. The van der Waals surface area contributed by atoms with Crippen molar-refractivity contribution in [2.24, 2.45) is 0 Å². The van der Waals surface area contributed by atoms with Gasteiger partial charge in [0.1, 0.15) is 13.2 Å². The minimum absolute atomic E-state index is 0.0696. The van der Waals surface area contributed by atoms with Gasteiger partial charge in [-0.1, -0.05) is 218 Å². The zero-order valence-corrected chi connectivity index (χ0v) is 38.1. The normalized spacial score (nSPS) is 12.1. The molecule has 0 radical (unpaired) electrons. The Kier molecular flexibility index (Phi) is 44.9. The number of unbranched alkanes of at least 4 members (excludes halogenated alkanes) is 30. The van der Waals surface area contributed by atoms with Gasteiger partial charge in [-0.3, -0.25) is 14.4 Å². The van der Waals surface area contributed by atoms with Gasteiger partial charge in [-0.2, -0.15) is 0 Å². The molecule has 0 aliphatic heterocycles. The topological polar surface area (TPSA) is 78.9 Å². The van der Waals surface area contributed by atoms with E-state index in [9.17, 15) is 14.4 Å². The van der Waals surface area contributed by atoms with Gasteiger partial charge in [0.15, 0.2) is 6.10 Å². The molecule has 334 valence electrons. The van der Waals surface area contributed by atoms with Crippen LogP contribution in [-0.4, -0.2) is 37.2 Å². The minimum Gasteiger partial charge on any atom is -0.462 e. The number of carbonyl (C=O) groups is 3. The molecular weight excluding hydrogens is 709 g/mol. The quantitative estimate of drug-likeness (QED) is 0.0264. The zero-order chi connectivity index (χ0) is 41.5. The number of esters is 3. The summed E-state index contributed by atoms with van der Waals surface area (Å²) in [4.78, 5) is 37.8. The average Bonchev–Trinajstić information content (AvgIpc) is 3.21. The molecule has 0 aromatic heterocycles. The smallest absolute Gasteiger partial charge is 0.306 e. The second-order valence-corrected chi connectivity index (χ2v) is 16.7. The van der Waals surface area contributed by atoms with Crippen LogP contribution in [0.15, 0.2) is 24.3 Å². The Hall–Kier alpha value is -2.11. The van der Waals surface area contributed by atoms with Gasteiger partial charge in [-0.15, -0.1) is 0 Å². The highest BCUT2D eigenvalue weighted by molar-refractivity contribution is 5.71. The molecule has 0 heterocycles. The zero-order valence-electron chi connectivity index (χ0n) is 38.1. The van der Waals surface area contributed by atoms with Crippen molar-refractivity contribution in [2.75, 3.05) is 13.2 Å². The predicted molar refractivity (Wildman–Crippen MR) is 243 cm³/mol. The summed E-state index contributed by atoms with van der Waals surface area (Å²) in [7, 11) is 0. The third kappa shape index (κ3) is 44.8. The molecule has 0 amide bonds. The van der Waals surface area contributed by atoms with E-state index in [1.165, 1.54) is 154 Å². The second-order valence-electron chi connectivity index (χ2n) is 16.7. The molecule has 6 heteroatoms. The van der Waals surface area contributed by atoms with Crippen LogP contribution in [0, 0.1) is 0 Å². The minimum atomic E-state index is -0.766. The maximum Gasteiger partial charge on any atom is 0.306 e. The van der Waals surface area contributed by atoms with Gasteiger partial charge in [0.25, 0.3) is 0 Å². The Morgan fingerprint density at radius 1 is 0.351 bits per heavy atom. The van der Waals surface area contributed by atoms with Gasteiger partial charge >= 0.3 is 17.9 Å². The van der Waals surface area contributed by atoms with Crippen LogP contribution in [0.25, 0.3) is 0 Å². The number of allylic oxidation sites excluding steroid dienone is 4. The average molecular weight is 803 g/mol. The molecule has 0 fully saturated rings. The molecule has 0 bridgehead atoms. The maximum absolute atomic E-state index is 12.7. The van der Waals surface area contributed by atoms with Gasteiger partial charge in [0, 0.05) is 19.3 Å². The van der Waals surface area contributed by atoms with Crippen LogP contribution in [0.4, 0.5) is 0 Å². The molecule has 1 atom stereocenters. The lowest BCUT2D eigenvalue weighted by atomic mass is 10.0. The van der Waals surface area contributed by atoms with Crippen LogP contribution in [0.3, 0.4) is 0 Å². The van der Waals surface area contributed by atoms with Gasteiger partial charge in [0.2, 0.25) is 0 Å². The van der Waals surface area contributed by atoms with Crippen molar-refractivity contribution in [3.8, 4) is 0 Å². The van der Waals surface area contributed by atoms with E-state index < -0.39 is 6.10 Å². The van der Waals surface area contributed by atoms with E-state index in [0.717, 1.165) is 70.6 Å². The van der Waals surface area contributed by atoms with Crippen molar-refractivity contribution in [1.82, 2.24) is 0 Å². The molecule has 0 rings (SSSR count). The van der Waals surface area contributed by atoms with Crippen molar-refractivity contribution < 1.29 is 28.6 Å². The highest BCUT2D eigenvalue weighted by Gasteiger charge is 2.19. The summed E-state index contributed by atoms with van der Waals surface area (Å²) in [5.74, 6) is -0.870. The number of hydrogen-bond acceptors (Lipinski definition) is 6. The predicted octanol–water partition coefficient (Wildman–Crippen LogP) is 16.0. The van der Waals surface area contributed by atoms with E-state index in [1.807, 2.05) is 0 Å². The van der Waals surface area contributed by atoms with Crippen molar-refractivity contribution in [3.05, 3.63) is 24.3 Å². The molecule has 0 aromatic rings. The summed E-state index contributed by atoms with van der Waals surface area (Å²) in [5, 5.41) is 0. The summed E-state index contributed by atoms with van der Waals surface area (Å²) < 4.78 is 16.7. The van der Waals surface area contributed by atoms with Crippen molar-refractivity contribution in [2.45, 2.75) is 271 Å². The fourth-order valence-corrected chi connectivity index (χ4v) is 7.18. The molecule has 1 unspecified atom stereocenters. The van der Waals surface area contributed by atoms with Crippen LogP contribution in [0.1, 0.15) is 265 Å². The van der Waals surface area contributed by atoms with E-state index in [0.29, 0.717) is 19.3 Å². The SMILES string of the molecule is CCCCC/C=C\C/C=C\CCCCCCCCCC(=O)OCC(COC(=O)CCCCCCCCCCC)OC(=O)CCCCCCCCCCCCCCC. The first-order chi connectivity index (χ1) is 28.0. The third-order valence-electron chi connectivity index (χ3n) is 11.0. The summed E-state index contributed by atoms with van der Waals surface area (Å²) in [6, 6.07) is 0. The Bertz CT molecular complexity index is 927. The van der Waals surface area contributed by atoms with E-state index in [4.69, 9.17) is 14.2 Å². The highest BCUT2D eigenvalue weighted by Crippen LogP contribution is 2.15. The Labute approximate surface area is 353 Å². The first-order valence-corrected chi connectivity index (χ1v) is 24.8. The number of hydrogen-bond donors (Lipinski definition) is 0. The van der Waals surface area contributed by atoms with Gasteiger partial charge < -0.3 is 14.2 Å². The monoisotopic (exact) mass is 803 g/mol. The highest BCUT2D eigenvalue weighted by atomic mass is 16.6.